The third-order valence-electron chi connectivity index (χ3n) is 4.27. The first-order valence-electron chi connectivity index (χ1n) is 8.05. The summed E-state index contributed by atoms with van der Waals surface area (Å²) in [4.78, 5) is 18.8. The number of rotatable bonds is 6. The maximum atomic E-state index is 12.3. The normalized spacial score (nSPS) is 15.7. The van der Waals surface area contributed by atoms with E-state index in [4.69, 9.17) is 4.42 Å². The van der Waals surface area contributed by atoms with E-state index in [1.807, 2.05) is 29.5 Å². The molecule has 1 amide bonds. The van der Waals surface area contributed by atoms with Gasteiger partial charge in [0.05, 0.1) is 17.7 Å². The Labute approximate surface area is 145 Å². The van der Waals surface area contributed by atoms with Crippen LogP contribution in [0.5, 0.6) is 0 Å². The maximum absolute atomic E-state index is 12.3. The molecule has 23 heavy (non-hydrogen) atoms. The van der Waals surface area contributed by atoms with Crippen molar-refractivity contribution in [2.45, 2.75) is 43.9 Å². The fraction of sp³-hybridized carbons (Fsp3) is 0.529. The van der Waals surface area contributed by atoms with Crippen molar-refractivity contribution in [3.05, 3.63) is 29.5 Å². The first-order valence-corrected chi connectivity index (χ1v) is 10.1. The number of thioether (sulfide) groups is 1. The summed E-state index contributed by atoms with van der Waals surface area (Å²) in [5.41, 5.74) is 1.01. The number of nitrogens with zero attached hydrogens (tertiary/aromatic N) is 2. The van der Waals surface area contributed by atoms with Crippen LogP contribution in [0, 0.1) is 0 Å². The zero-order chi connectivity index (χ0) is 16.1. The molecule has 0 atom stereocenters. The highest BCUT2D eigenvalue weighted by atomic mass is 32.2. The van der Waals surface area contributed by atoms with Gasteiger partial charge in [0.1, 0.15) is 0 Å². The van der Waals surface area contributed by atoms with Gasteiger partial charge in [-0.05, 0) is 25.0 Å². The Morgan fingerprint density at radius 2 is 2.26 bits per heavy atom. The predicted molar refractivity (Wildman–Crippen MR) is 95.6 cm³/mol. The second-order valence-electron chi connectivity index (χ2n) is 5.91. The molecule has 0 bridgehead atoms. The van der Waals surface area contributed by atoms with E-state index in [-0.39, 0.29) is 5.91 Å². The Kier molecular flexibility index (Phi) is 5.78. The third-order valence-corrected chi connectivity index (χ3v) is 6.13. The highest BCUT2D eigenvalue weighted by Crippen LogP contribution is 2.26. The molecule has 2 aromatic heterocycles. The summed E-state index contributed by atoms with van der Waals surface area (Å²) in [5.74, 6) is 2.34. The van der Waals surface area contributed by atoms with E-state index in [0.717, 1.165) is 35.1 Å². The van der Waals surface area contributed by atoms with Crippen LogP contribution in [-0.2, 0) is 10.5 Å². The predicted octanol–water partition coefficient (Wildman–Crippen LogP) is 4.43. The van der Waals surface area contributed by atoms with Gasteiger partial charge in [0.2, 0.25) is 5.91 Å². The molecule has 0 N–H and O–H groups in total. The quantitative estimate of drug-likeness (QED) is 0.773. The lowest BCUT2D eigenvalue weighted by Gasteiger charge is -2.31. The fourth-order valence-corrected chi connectivity index (χ4v) is 4.63. The lowest BCUT2D eigenvalue weighted by Crippen LogP contribution is -2.39. The molecule has 124 valence electrons. The summed E-state index contributed by atoms with van der Waals surface area (Å²) in [7, 11) is 1.96. The topological polar surface area (TPSA) is 46.3 Å². The summed E-state index contributed by atoms with van der Waals surface area (Å²) < 4.78 is 5.35. The van der Waals surface area contributed by atoms with Gasteiger partial charge >= 0.3 is 0 Å². The number of amides is 1. The zero-order valence-corrected chi connectivity index (χ0v) is 15.0. The molecule has 0 unspecified atom stereocenters. The molecule has 0 aliphatic heterocycles. The van der Waals surface area contributed by atoms with Crippen molar-refractivity contribution in [1.82, 2.24) is 9.88 Å². The highest BCUT2D eigenvalue weighted by molar-refractivity contribution is 7.99. The van der Waals surface area contributed by atoms with Crippen molar-refractivity contribution in [3.8, 4) is 10.8 Å². The van der Waals surface area contributed by atoms with E-state index in [0.29, 0.717) is 11.8 Å². The fourth-order valence-electron chi connectivity index (χ4n) is 2.90. The highest BCUT2D eigenvalue weighted by Gasteiger charge is 2.21. The number of hydrogen-bond donors (Lipinski definition) is 0. The lowest BCUT2D eigenvalue weighted by molar-refractivity contribution is -0.129. The minimum atomic E-state index is 0.239. The van der Waals surface area contributed by atoms with Gasteiger partial charge in [0.25, 0.3) is 0 Å². The molecule has 2 aromatic rings. The van der Waals surface area contributed by atoms with Crippen molar-refractivity contribution in [1.29, 1.82) is 0 Å². The number of furan rings is 1. The zero-order valence-electron chi connectivity index (χ0n) is 13.4. The molecule has 1 fully saturated rings. The molecular formula is C17H22N2O2S2. The van der Waals surface area contributed by atoms with Gasteiger partial charge in [0.15, 0.2) is 10.8 Å². The van der Waals surface area contributed by atoms with Gasteiger partial charge in [-0.2, -0.15) is 0 Å². The van der Waals surface area contributed by atoms with Gasteiger partial charge in [0, 0.05) is 24.2 Å². The van der Waals surface area contributed by atoms with Gasteiger partial charge in [-0.1, -0.05) is 19.3 Å². The minimum Gasteiger partial charge on any atom is -0.462 e. The second kappa shape index (κ2) is 8.02. The van der Waals surface area contributed by atoms with E-state index in [1.165, 1.54) is 19.3 Å². The van der Waals surface area contributed by atoms with Crippen molar-refractivity contribution < 1.29 is 9.21 Å². The lowest BCUT2D eigenvalue weighted by atomic mass is 9.94. The number of thiazole rings is 1. The Balaban J connectivity index is 1.44. The molecule has 0 spiro atoms. The molecule has 0 aromatic carbocycles. The number of hydrogen-bond acceptors (Lipinski definition) is 5. The van der Waals surface area contributed by atoms with Crippen LogP contribution in [0.25, 0.3) is 10.8 Å². The standard InChI is InChI=1S/C17H22N2O2S2/c1-19(14-6-3-2-4-7-14)16(20)12-22-10-13-11-23-17(18-13)15-8-5-9-21-15/h5,8-9,11,14H,2-4,6-7,10,12H2,1H3. The van der Waals surface area contributed by atoms with Crippen molar-refractivity contribution in [2.75, 3.05) is 12.8 Å². The van der Waals surface area contributed by atoms with Gasteiger partial charge in [-0.15, -0.1) is 23.1 Å². The van der Waals surface area contributed by atoms with Gasteiger partial charge < -0.3 is 9.32 Å². The Hall–Kier alpha value is -1.27. The van der Waals surface area contributed by atoms with E-state index in [2.05, 4.69) is 4.98 Å². The van der Waals surface area contributed by atoms with E-state index >= 15 is 0 Å². The van der Waals surface area contributed by atoms with Gasteiger partial charge in [-0.25, -0.2) is 4.98 Å². The smallest absolute Gasteiger partial charge is 0.232 e. The number of aromatic nitrogens is 1. The maximum Gasteiger partial charge on any atom is 0.232 e. The second-order valence-corrected chi connectivity index (χ2v) is 7.75. The minimum absolute atomic E-state index is 0.239. The first-order chi connectivity index (χ1) is 11.2. The van der Waals surface area contributed by atoms with Gasteiger partial charge in [-0.3, -0.25) is 4.79 Å². The summed E-state index contributed by atoms with van der Waals surface area (Å²) in [6.45, 7) is 0. The van der Waals surface area contributed by atoms with Crippen LogP contribution in [-0.4, -0.2) is 34.6 Å². The molecule has 3 rings (SSSR count). The van der Waals surface area contributed by atoms with Crippen molar-refractivity contribution in [3.63, 3.8) is 0 Å². The van der Waals surface area contributed by atoms with Crippen LogP contribution >= 0.6 is 23.1 Å². The summed E-state index contributed by atoms with van der Waals surface area (Å²) in [5, 5.41) is 2.94. The molecule has 0 radical (unpaired) electrons. The molecule has 1 aliphatic carbocycles. The van der Waals surface area contributed by atoms with E-state index < -0.39 is 0 Å². The van der Waals surface area contributed by atoms with E-state index in [1.54, 1.807) is 29.4 Å². The molecule has 0 saturated heterocycles. The molecule has 1 saturated carbocycles. The van der Waals surface area contributed by atoms with Crippen LogP contribution in [0.1, 0.15) is 37.8 Å². The Morgan fingerprint density at radius 1 is 1.43 bits per heavy atom. The molecular weight excluding hydrogens is 328 g/mol. The van der Waals surface area contributed by atoms with Crippen LogP contribution in [0.15, 0.2) is 28.2 Å². The molecule has 2 heterocycles. The monoisotopic (exact) mass is 350 g/mol. The Morgan fingerprint density at radius 3 is 3.00 bits per heavy atom. The molecule has 4 nitrogen and oxygen atoms in total. The average molecular weight is 351 g/mol. The van der Waals surface area contributed by atoms with Crippen LogP contribution in [0.3, 0.4) is 0 Å². The van der Waals surface area contributed by atoms with Crippen molar-refractivity contribution in [2.24, 2.45) is 0 Å². The summed E-state index contributed by atoms with van der Waals surface area (Å²) in [6, 6.07) is 4.23. The number of carbonyl (C=O) groups is 1. The number of carbonyl (C=O) groups excluding carboxylic acids is 1. The summed E-state index contributed by atoms with van der Waals surface area (Å²) in [6.07, 6.45) is 7.80. The molecule has 1 aliphatic rings. The SMILES string of the molecule is CN(C(=O)CSCc1csc(-c2ccco2)n1)C1CCCCC1. The first kappa shape index (κ1) is 16.6. The summed E-state index contributed by atoms with van der Waals surface area (Å²) >= 11 is 3.22. The average Bonchev–Trinajstić information content (AvgIpc) is 3.26. The van der Waals surface area contributed by atoms with Crippen LogP contribution in [0.2, 0.25) is 0 Å². The van der Waals surface area contributed by atoms with Crippen LogP contribution in [0.4, 0.5) is 0 Å². The van der Waals surface area contributed by atoms with Crippen LogP contribution < -0.4 is 0 Å². The largest absolute Gasteiger partial charge is 0.462 e. The van der Waals surface area contributed by atoms with Crippen molar-refractivity contribution >= 4 is 29.0 Å². The van der Waals surface area contributed by atoms with E-state index in [9.17, 15) is 4.79 Å². The third kappa shape index (κ3) is 4.38. The molecule has 6 heteroatoms. The Bertz CT molecular complexity index is 618.